The lowest BCUT2D eigenvalue weighted by atomic mass is 9.73. The molecule has 2 atom stereocenters. The van der Waals surface area contributed by atoms with Crippen LogP contribution in [0.3, 0.4) is 0 Å². The summed E-state index contributed by atoms with van der Waals surface area (Å²) in [4.78, 5) is 2.05. The predicted molar refractivity (Wildman–Crippen MR) is 97.0 cm³/mol. The lowest BCUT2D eigenvalue weighted by Gasteiger charge is -2.36. The molecule has 2 aromatic rings. The average molecular weight is 336 g/mol. The number of hydrogen-bond donors (Lipinski definition) is 2. The fraction of sp³-hybridized carbons (Fsp3) is 0.381. The molecule has 4 nitrogen and oxygen atoms in total. The van der Waals surface area contributed by atoms with E-state index in [-0.39, 0.29) is 0 Å². The monoisotopic (exact) mass is 336 g/mol. The molecule has 1 saturated heterocycles. The Morgan fingerprint density at radius 3 is 1.84 bits per heavy atom. The smallest absolute Gasteiger partial charge is 0.108 e. The van der Waals surface area contributed by atoms with Crippen LogP contribution in [-0.2, 0) is 5.41 Å². The van der Waals surface area contributed by atoms with Crippen molar-refractivity contribution in [1.29, 1.82) is 5.26 Å². The van der Waals surface area contributed by atoms with Crippen LogP contribution in [0.2, 0.25) is 0 Å². The van der Waals surface area contributed by atoms with Crippen molar-refractivity contribution in [1.82, 2.24) is 4.90 Å². The Morgan fingerprint density at radius 2 is 1.40 bits per heavy atom. The van der Waals surface area contributed by atoms with E-state index >= 15 is 0 Å². The third-order valence-electron chi connectivity index (χ3n) is 5.01. The van der Waals surface area contributed by atoms with E-state index in [0.29, 0.717) is 32.5 Å². The second kappa shape index (κ2) is 7.79. The molecule has 0 unspecified atom stereocenters. The van der Waals surface area contributed by atoms with Gasteiger partial charge >= 0.3 is 0 Å². The van der Waals surface area contributed by atoms with E-state index in [9.17, 15) is 15.5 Å². The molecule has 1 heterocycles. The Bertz CT molecular complexity index is 662. The number of aliphatic hydroxyl groups excluding tert-OH is 2. The zero-order valence-electron chi connectivity index (χ0n) is 14.3. The van der Waals surface area contributed by atoms with Crippen molar-refractivity contribution < 1.29 is 10.2 Å². The Morgan fingerprint density at radius 1 is 0.920 bits per heavy atom. The van der Waals surface area contributed by atoms with Crippen LogP contribution >= 0.6 is 0 Å². The Balaban J connectivity index is 1.88. The largest absolute Gasteiger partial charge is 0.392 e. The number of aliphatic hydroxyl groups is 2. The molecular formula is C21H24N2O2. The van der Waals surface area contributed by atoms with E-state index in [1.165, 1.54) is 0 Å². The molecule has 2 N–H and O–H groups in total. The van der Waals surface area contributed by atoms with Gasteiger partial charge in [0.15, 0.2) is 0 Å². The number of likely N-dealkylation sites (tertiary alicyclic amines) is 1. The normalized spacial score (nSPS) is 21.6. The van der Waals surface area contributed by atoms with Crippen molar-refractivity contribution in [2.75, 3.05) is 19.6 Å². The number of nitrogens with zero attached hydrogens (tertiary/aromatic N) is 2. The first kappa shape index (κ1) is 17.6. The summed E-state index contributed by atoms with van der Waals surface area (Å²) >= 11 is 0. The van der Waals surface area contributed by atoms with Crippen LogP contribution in [0.1, 0.15) is 24.0 Å². The molecule has 2 aromatic carbocycles. The van der Waals surface area contributed by atoms with Crippen LogP contribution in [0.15, 0.2) is 60.7 Å². The molecule has 25 heavy (non-hydrogen) atoms. The first-order valence-electron chi connectivity index (χ1n) is 8.75. The summed E-state index contributed by atoms with van der Waals surface area (Å²) in [5.41, 5.74) is 1.21. The van der Waals surface area contributed by atoms with E-state index in [2.05, 4.69) is 11.0 Å². The zero-order chi connectivity index (χ0) is 17.7. The van der Waals surface area contributed by atoms with Crippen molar-refractivity contribution in [2.24, 2.45) is 0 Å². The van der Waals surface area contributed by atoms with Crippen molar-refractivity contribution in [3.8, 4) is 6.07 Å². The highest BCUT2D eigenvalue weighted by atomic mass is 16.3. The standard InChI is InChI=1S/C21H24N2O2/c22-16-21(17-7-3-1-4-8-17,18-9-5-2-6-10-18)11-12-23-14-19(24)13-20(25)15-23/h1-10,19-20,24-25H,11-15H2/t19-,20-/m1/s1. The molecule has 0 spiro atoms. The molecule has 1 aliphatic rings. The fourth-order valence-corrected chi connectivity index (χ4v) is 3.73. The number of benzene rings is 2. The van der Waals surface area contributed by atoms with Gasteiger partial charge in [-0.2, -0.15) is 5.26 Å². The van der Waals surface area contributed by atoms with Gasteiger partial charge in [0.1, 0.15) is 5.41 Å². The van der Waals surface area contributed by atoms with Gasteiger partial charge in [0.2, 0.25) is 0 Å². The topological polar surface area (TPSA) is 67.5 Å². The van der Waals surface area contributed by atoms with Crippen LogP contribution in [0.4, 0.5) is 0 Å². The summed E-state index contributed by atoms with van der Waals surface area (Å²) in [7, 11) is 0. The van der Waals surface area contributed by atoms with Crippen molar-refractivity contribution in [2.45, 2.75) is 30.5 Å². The van der Waals surface area contributed by atoms with Crippen molar-refractivity contribution >= 4 is 0 Å². The lowest BCUT2D eigenvalue weighted by molar-refractivity contribution is -0.00913. The van der Waals surface area contributed by atoms with Gasteiger partial charge < -0.3 is 10.2 Å². The number of β-amino-alcohol motifs (C(OH)–C–C–N with tert-alkyl or cyclic N) is 2. The quantitative estimate of drug-likeness (QED) is 0.879. The van der Waals surface area contributed by atoms with Gasteiger partial charge in [-0.15, -0.1) is 0 Å². The Kier molecular flexibility index (Phi) is 5.50. The number of nitriles is 1. The van der Waals surface area contributed by atoms with Crippen LogP contribution in [0.5, 0.6) is 0 Å². The molecule has 4 heteroatoms. The molecule has 0 aliphatic carbocycles. The van der Waals surface area contributed by atoms with Gasteiger partial charge in [-0.1, -0.05) is 60.7 Å². The highest BCUT2D eigenvalue weighted by molar-refractivity contribution is 5.45. The van der Waals surface area contributed by atoms with Crippen LogP contribution in [0, 0.1) is 11.3 Å². The fourth-order valence-electron chi connectivity index (χ4n) is 3.73. The van der Waals surface area contributed by atoms with E-state index in [1.54, 1.807) is 0 Å². The zero-order valence-corrected chi connectivity index (χ0v) is 14.3. The summed E-state index contributed by atoms with van der Waals surface area (Å²) in [6.45, 7) is 1.73. The van der Waals surface area contributed by atoms with Gasteiger partial charge in [-0.3, -0.25) is 4.90 Å². The summed E-state index contributed by atoms with van der Waals surface area (Å²) in [6, 6.07) is 22.3. The number of rotatable bonds is 5. The van der Waals surface area contributed by atoms with Gasteiger partial charge in [0.25, 0.3) is 0 Å². The van der Waals surface area contributed by atoms with Gasteiger partial charge in [-0.25, -0.2) is 0 Å². The maximum Gasteiger partial charge on any atom is 0.108 e. The predicted octanol–water partition coefficient (Wildman–Crippen LogP) is 2.31. The summed E-state index contributed by atoms with van der Waals surface area (Å²) in [5.74, 6) is 0. The SMILES string of the molecule is N#CC(CCN1C[C@H](O)C[C@@H](O)C1)(c1ccccc1)c1ccccc1. The molecule has 0 bridgehead atoms. The van der Waals surface area contributed by atoms with Gasteiger partial charge in [-0.05, 0) is 17.5 Å². The van der Waals surface area contributed by atoms with Crippen LogP contribution in [-0.4, -0.2) is 47.0 Å². The van der Waals surface area contributed by atoms with E-state index in [1.807, 2.05) is 60.7 Å². The van der Waals surface area contributed by atoms with Crippen molar-refractivity contribution in [3.05, 3.63) is 71.8 Å². The second-order valence-electron chi connectivity index (χ2n) is 6.80. The first-order chi connectivity index (χ1) is 12.1. The molecule has 0 saturated carbocycles. The minimum atomic E-state index is -0.740. The first-order valence-corrected chi connectivity index (χ1v) is 8.75. The lowest BCUT2D eigenvalue weighted by Crippen LogP contribution is -2.47. The third-order valence-corrected chi connectivity index (χ3v) is 5.01. The van der Waals surface area contributed by atoms with E-state index < -0.39 is 17.6 Å². The minimum absolute atomic E-state index is 0.428. The molecule has 0 radical (unpaired) electrons. The molecule has 1 fully saturated rings. The average Bonchev–Trinajstić information content (AvgIpc) is 2.64. The Hall–Kier alpha value is -2.19. The molecular weight excluding hydrogens is 312 g/mol. The molecule has 130 valence electrons. The third kappa shape index (κ3) is 3.91. The molecule has 0 aromatic heterocycles. The Labute approximate surface area is 149 Å². The molecule has 1 aliphatic heterocycles. The van der Waals surface area contributed by atoms with E-state index in [0.717, 1.165) is 11.1 Å². The minimum Gasteiger partial charge on any atom is -0.392 e. The van der Waals surface area contributed by atoms with E-state index in [4.69, 9.17) is 0 Å². The van der Waals surface area contributed by atoms with Gasteiger partial charge in [0, 0.05) is 26.1 Å². The van der Waals surface area contributed by atoms with Crippen LogP contribution in [0.25, 0.3) is 0 Å². The summed E-state index contributed by atoms with van der Waals surface area (Å²) < 4.78 is 0. The molecule has 0 amide bonds. The highest BCUT2D eigenvalue weighted by Gasteiger charge is 2.35. The maximum atomic E-state index is 10.1. The maximum absolute atomic E-state index is 10.1. The summed E-state index contributed by atoms with van der Waals surface area (Å²) in [5, 5.41) is 30.0. The highest BCUT2D eigenvalue weighted by Crippen LogP contribution is 2.35. The second-order valence-corrected chi connectivity index (χ2v) is 6.80. The summed E-state index contributed by atoms with van der Waals surface area (Å²) in [6.07, 6.45) is 0.0243. The van der Waals surface area contributed by atoms with Gasteiger partial charge in [0.05, 0.1) is 18.3 Å². The van der Waals surface area contributed by atoms with Crippen LogP contribution < -0.4 is 0 Å². The number of hydrogen-bond acceptors (Lipinski definition) is 4. The molecule has 3 rings (SSSR count). The van der Waals surface area contributed by atoms with Crippen molar-refractivity contribution in [3.63, 3.8) is 0 Å². The number of piperidine rings is 1.